The number of amides is 1. The number of halogens is 1. The fourth-order valence-corrected chi connectivity index (χ4v) is 4.42. The highest BCUT2D eigenvalue weighted by Gasteiger charge is 2.28. The van der Waals surface area contributed by atoms with Crippen molar-refractivity contribution in [1.29, 1.82) is 0 Å². The van der Waals surface area contributed by atoms with E-state index in [0.717, 1.165) is 3.57 Å². The average molecular weight is 705 g/mol. The molecule has 0 heterocycles. The highest BCUT2D eigenvalue weighted by atomic mass is 127. The van der Waals surface area contributed by atoms with Crippen LogP contribution >= 0.6 is 22.6 Å². The summed E-state index contributed by atoms with van der Waals surface area (Å²) < 4.78 is 21.3. The highest BCUT2D eigenvalue weighted by Crippen LogP contribution is 2.15. The Balaban J connectivity index is 2.23. The number of ether oxygens (including phenoxy) is 4. The molecule has 0 aliphatic carbocycles. The first kappa shape index (κ1) is 37.4. The van der Waals surface area contributed by atoms with E-state index in [-0.39, 0.29) is 44.6 Å². The first-order valence-electron chi connectivity index (χ1n) is 13.5. The van der Waals surface area contributed by atoms with E-state index in [0.29, 0.717) is 63.0 Å². The van der Waals surface area contributed by atoms with E-state index >= 15 is 0 Å². The van der Waals surface area contributed by atoms with Crippen molar-refractivity contribution in [3.63, 3.8) is 0 Å². The molecule has 0 saturated heterocycles. The number of carbonyl (C=O) groups excluding carboxylic acids is 4. The van der Waals surface area contributed by atoms with Crippen LogP contribution in [0.2, 0.25) is 0 Å². The smallest absolute Gasteiger partial charge is 0.323 e. The second-order valence-electron chi connectivity index (χ2n) is 8.97. The minimum Gasteiger partial charge on any atom is -0.468 e. The summed E-state index contributed by atoms with van der Waals surface area (Å²) in [6.45, 7) is 1.48. The molecule has 0 aliphatic rings. The maximum atomic E-state index is 12.4. The zero-order valence-electron chi connectivity index (χ0n) is 24.5. The summed E-state index contributed by atoms with van der Waals surface area (Å²) in [7, 11) is 3.94. The van der Waals surface area contributed by atoms with E-state index in [1.54, 1.807) is 23.1 Å². The van der Waals surface area contributed by atoms with Gasteiger partial charge in [-0.1, -0.05) is 18.8 Å². The molecule has 1 amide bonds. The molecule has 0 aliphatic heterocycles. The molecular formula is C29H41IN2O10. The summed E-state index contributed by atoms with van der Waals surface area (Å²) >= 11 is 2.08. The maximum Gasteiger partial charge on any atom is 0.323 e. The zero-order chi connectivity index (χ0) is 31.2. The second-order valence-corrected chi connectivity index (χ2v) is 10.1. The predicted octanol–water partition coefficient (Wildman–Crippen LogP) is 2.15. The number of ketones is 1. The Labute approximate surface area is 261 Å². The van der Waals surface area contributed by atoms with Crippen LogP contribution in [0.1, 0.15) is 48.0 Å². The van der Waals surface area contributed by atoms with Crippen LogP contribution in [0.15, 0.2) is 18.2 Å². The fourth-order valence-electron chi connectivity index (χ4n) is 3.83. The number of unbranched alkanes of at least 4 members (excludes halogenated alkanes) is 2. The molecule has 1 unspecified atom stereocenters. The zero-order valence-corrected chi connectivity index (χ0v) is 26.6. The van der Waals surface area contributed by atoms with Gasteiger partial charge in [0.05, 0.1) is 59.9 Å². The van der Waals surface area contributed by atoms with Gasteiger partial charge in [0.1, 0.15) is 12.6 Å². The standard InChI is InChI=1S/C29H41IN2O10/c1-5-22-11-12-25(30)24(19-22)28(35)31-13-15-40-17-18-41-21-23(33)9-7-6-8-10-26(29(36)38-3)32(14-16-42-39-4)20-27(34)37-2/h1,11-12,19,26H,6-10,13-18,20-21H2,2-4H3,(H,31,35). The molecule has 13 heteroatoms. The molecule has 1 aromatic carbocycles. The largest absolute Gasteiger partial charge is 0.468 e. The molecule has 12 nitrogen and oxygen atoms in total. The number of rotatable bonds is 23. The molecule has 0 spiro atoms. The number of hydrogen-bond acceptors (Lipinski definition) is 11. The minimum atomic E-state index is -0.662. The topological polar surface area (TPSA) is 139 Å². The summed E-state index contributed by atoms with van der Waals surface area (Å²) in [4.78, 5) is 59.8. The Kier molecular flexibility index (Phi) is 20.4. The van der Waals surface area contributed by atoms with Gasteiger partial charge in [0.2, 0.25) is 0 Å². The Bertz CT molecular complexity index is 1030. The van der Waals surface area contributed by atoms with Gasteiger partial charge in [-0.3, -0.25) is 24.1 Å². The third kappa shape index (κ3) is 15.6. The van der Waals surface area contributed by atoms with Crippen LogP contribution in [0.25, 0.3) is 0 Å². The third-order valence-corrected chi connectivity index (χ3v) is 6.97. The SMILES string of the molecule is C#Cc1ccc(I)c(C(=O)NCCOCCOCC(=O)CCCCCC(C(=O)OC)N(CCOOC)CC(=O)OC)c1. The lowest BCUT2D eigenvalue weighted by molar-refractivity contribution is -0.274. The van der Waals surface area contributed by atoms with Crippen LogP contribution < -0.4 is 5.32 Å². The van der Waals surface area contributed by atoms with Crippen molar-refractivity contribution in [1.82, 2.24) is 10.2 Å². The number of Topliss-reactive ketones (excluding diaryl/α,β-unsaturated/α-hetero) is 1. The summed E-state index contributed by atoms with van der Waals surface area (Å²) in [6, 6.07) is 4.59. The lowest BCUT2D eigenvalue weighted by Crippen LogP contribution is -2.46. The van der Waals surface area contributed by atoms with Crippen LogP contribution in [-0.4, -0.2) is 109 Å². The predicted molar refractivity (Wildman–Crippen MR) is 162 cm³/mol. The van der Waals surface area contributed by atoms with Crippen LogP contribution in [0, 0.1) is 15.9 Å². The van der Waals surface area contributed by atoms with Gasteiger partial charge in [0.15, 0.2) is 5.78 Å². The minimum absolute atomic E-state index is 0.0127. The van der Waals surface area contributed by atoms with Gasteiger partial charge in [0.25, 0.3) is 5.91 Å². The molecule has 0 radical (unpaired) electrons. The van der Waals surface area contributed by atoms with Gasteiger partial charge < -0.3 is 24.3 Å². The number of terminal acetylenes is 1. The number of nitrogens with zero attached hydrogens (tertiary/aromatic N) is 1. The van der Waals surface area contributed by atoms with E-state index in [1.807, 2.05) is 0 Å². The number of benzene rings is 1. The van der Waals surface area contributed by atoms with E-state index in [4.69, 9.17) is 30.3 Å². The normalized spacial score (nSPS) is 11.5. The Morgan fingerprint density at radius 1 is 1.00 bits per heavy atom. The average Bonchev–Trinajstić information content (AvgIpc) is 2.99. The Morgan fingerprint density at radius 3 is 2.45 bits per heavy atom. The molecule has 42 heavy (non-hydrogen) atoms. The van der Waals surface area contributed by atoms with Gasteiger partial charge in [0, 0.05) is 28.6 Å². The molecule has 1 atom stereocenters. The molecule has 0 aromatic heterocycles. The third-order valence-electron chi connectivity index (χ3n) is 6.03. The van der Waals surface area contributed by atoms with E-state index in [1.165, 1.54) is 21.3 Å². The second kappa shape index (κ2) is 22.9. The molecular weight excluding hydrogens is 663 g/mol. The van der Waals surface area contributed by atoms with Crippen LogP contribution in [0.3, 0.4) is 0 Å². The van der Waals surface area contributed by atoms with Crippen LogP contribution in [0.5, 0.6) is 0 Å². The van der Waals surface area contributed by atoms with E-state index in [9.17, 15) is 19.2 Å². The van der Waals surface area contributed by atoms with Crippen molar-refractivity contribution in [2.45, 2.75) is 38.1 Å². The Hall–Kier alpha value is -2.61. The molecule has 1 rings (SSSR count). The van der Waals surface area contributed by atoms with Crippen molar-refractivity contribution in [3.05, 3.63) is 32.9 Å². The van der Waals surface area contributed by atoms with Gasteiger partial charge in [-0.2, -0.15) is 0 Å². The first-order valence-corrected chi connectivity index (χ1v) is 14.6. The molecule has 0 bridgehead atoms. The number of hydrogen-bond donors (Lipinski definition) is 1. The molecule has 1 aromatic rings. The quantitative estimate of drug-likeness (QED) is 0.0448. The summed E-state index contributed by atoms with van der Waals surface area (Å²) in [5.41, 5.74) is 1.16. The van der Waals surface area contributed by atoms with Crippen molar-refractivity contribution in [2.75, 3.05) is 74.0 Å². The Morgan fingerprint density at radius 2 is 1.76 bits per heavy atom. The van der Waals surface area contributed by atoms with Crippen LogP contribution in [0.4, 0.5) is 0 Å². The number of esters is 2. The van der Waals surface area contributed by atoms with Crippen molar-refractivity contribution in [2.24, 2.45) is 0 Å². The lowest BCUT2D eigenvalue weighted by Gasteiger charge is -2.28. The monoisotopic (exact) mass is 704 g/mol. The molecule has 234 valence electrons. The van der Waals surface area contributed by atoms with E-state index in [2.05, 4.69) is 38.7 Å². The summed E-state index contributed by atoms with van der Waals surface area (Å²) in [6.07, 6.45) is 8.18. The number of methoxy groups -OCH3 is 2. The van der Waals surface area contributed by atoms with E-state index < -0.39 is 18.0 Å². The molecule has 0 saturated carbocycles. The maximum absolute atomic E-state index is 12.4. The lowest BCUT2D eigenvalue weighted by atomic mass is 10.0. The van der Waals surface area contributed by atoms with Gasteiger partial charge in [-0.25, -0.2) is 9.78 Å². The van der Waals surface area contributed by atoms with Crippen molar-refractivity contribution in [3.8, 4) is 12.3 Å². The first-order chi connectivity index (χ1) is 20.3. The van der Waals surface area contributed by atoms with Crippen LogP contribution in [-0.2, 0) is 43.1 Å². The summed E-state index contributed by atoms with van der Waals surface area (Å²) in [5, 5.41) is 2.79. The molecule has 1 N–H and O–H groups in total. The van der Waals surface area contributed by atoms with Gasteiger partial charge in [-0.15, -0.1) is 6.42 Å². The summed E-state index contributed by atoms with van der Waals surface area (Å²) in [5.74, 6) is 1.31. The van der Waals surface area contributed by atoms with Crippen molar-refractivity contribution < 1.29 is 47.9 Å². The van der Waals surface area contributed by atoms with Gasteiger partial charge in [-0.05, 0) is 53.6 Å². The van der Waals surface area contributed by atoms with Gasteiger partial charge >= 0.3 is 11.9 Å². The molecule has 0 fully saturated rings. The van der Waals surface area contributed by atoms with Crippen molar-refractivity contribution >= 4 is 46.2 Å². The number of carbonyl (C=O) groups is 4. The highest BCUT2D eigenvalue weighted by molar-refractivity contribution is 14.1. The fraction of sp³-hybridized carbons (Fsp3) is 0.586. The number of nitrogens with one attached hydrogen (secondary N) is 1.